The Balaban J connectivity index is 1.73. The van der Waals surface area contributed by atoms with Crippen molar-refractivity contribution < 1.29 is 14.6 Å². The fourth-order valence-electron chi connectivity index (χ4n) is 1.59. The Morgan fingerprint density at radius 2 is 1.75 bits per heavy atom. The van der Waals surface area contributed by atoms with Crippen LogP contribution in [0.5, 0.6) is 11.5 Å². The van der Waals surface area contributed by atoms with Gasteiger partial charge in [-0.05, 0) is 29.8 Å². The molecule has 1 unspecified atom stereocenters. The third-order valence-electron chi connectivity index (χ3n) is 2.68. The minimum atomic E-state index is -0.704. The van der Waals surface area contributed by atoms with Crippen LogP contribution in [0.3, 0.4) is 0 Å². The van der Waals surface area contributed by atoms with E-state index in [-0.39, 0.29) is 13.2 Å². The molecule has 0 aliphatic heterocycles. The summed E-state index contributed by atoms with van der Waals surface area (Å²) < 4.78 is 10.9. The lowest BCUT2D eigenvalue weighted by atomic mass is 10.2. The molecular formula is C15H18N2O3. The zero-order chi connectivity index (χ0) is 14.2. The topological polar surface area (TPSA) is 77.6 Å². The molecule has 0 bridgehead atoms. The number of hydrogen-bond donors (Lipinski definition) is 2. The lowest BCUT2D eigenvalue weighted by molar-refractivity contribution is 0.0625. The van der Waals surface area contributed by atoms with Crippen molar-refractivity contribution in [3.05, 3.63) is 54.4 Å². The molecule has 2 rings (SSSR count). The van der Waals surface area contributed by atoms with Gasteiger partial charge in [0.1, 0.15) is 30.8 Å². The van der Waals surface area contributed by atoms with Crippen LogP contribution in [0.15, 0.2) is 48.8 Å². The second-order valence-corrected chi connectivity index (χ2v) is 4.31. The monoisotopic (exact) mass is 274 g/mol. The molecule has 0 spiro atoms. The zero-order valence-corrected chi connectivity index (χ0v) is 11.1. The molecule has 5 heteroatoms. The Morgan fingerprint density at radius 1 is 1.05 bits per heavy atom. The molecular weight excluding hydrogens is 256 g/mol. The van der Waals surface area contributed by atoms with E-state index >= 15 is 0 Å². The van der Waals surface area contributed by atoms with Crippen molar-refractivity contribution in [2.24, 2.45) is 5.73 Å². The van der Waals surface area contributed by atoms with Gasteiger partial charge in [-0.3, -0.25) is 4.98 Å². The molecule has 0 amide bonds. The van der Waals surface area contributed by atoms with Gasteiger partial charge in [0.15, 0.2) is 0 Å². The minimum Gasteiger partial charge on any atom is -0.491 e. The number of rotatable bonds is 7. The summed E-state index contributed by atoms with van der Waals surface area (Å²) in [6.45, 7) is 0.830. The predicted molar refractivity (Wildman–Crippen MR) is 75.6 cm³/mol. The SMILES string of the molecule is NCc1ccc(OCC(O)COc2cccnc2)cc1. The predicted octanol–water partition coefficient (Wildman–Crippen LogP) is 1.36. The molecule has 1 atom stereocenters. The van der Waals surface area contributed by atoms with Gasteiger partial charge < -0.3 is 20.3 Å². The first-order chi connectivity index (χ1) is 9.78. The number of aliphatic hydroxyl groups excluding tert-OH is 1. The maximum atomic E-state index is 9.78. The van der Waals surface area contributed by atoms with Crippen LogP contribution >= 0.6 is 0 Å². The van der Waals surface area contributed by atoms with Crippen LogP contribution < -0.4 is 15.2 Å². The van der Waals surface area contributed by atoms with E-state index in [1.807, 2.05) is 24.3 Å². The summed E-state index contributed by atoms with van der Waals surface area (Å²) in [5.41, 5.74) is 6.55. The molecule has 3 N–H and O–H groups in total. The van der Waals surface area contributed by atoms with Crippen LogP contribution in [0, 0.1) is 0 Å². The fourth-order valence-corrected chi connectivity index (χ4v) is 1.59. The first-order valence-corrected chi connectivity index (χ1v) is 6.40. The van der Waals surface area contributed by atoms with Crippen molar-refractivity contribution in [3.63, 3.8) is 0 Å². The quantitative estimate of drug-likeness (QED) is 0.797. The second-order valence-electron chi connectivity index (χ2n) is 4.31. The summed E-state index contributed by atoms with van der Waals surface area (Å²) in [5, 5.41) is 9.78. The maximum Gasteiger partial charge on any atom is 0.137 e. The largest absolute Gasteiger partial charge is 0.491 e. The van der Waals surface area contributed by atoms with Crippen molar-refractivity contribution >= 4 is 0 Å². The average Bonchev–Trinajstić information content (AvgIpc) is 2.52. The Kier molecular flexibility index (Phi) is 5.34. The molecule has 5 nitrogen and oxygen atoms in total. The molecule has 0 aliphatic rings. The number of aliphatic hydroxyl groups is 1. The standard InChI is InChI=1S/C15H18N2O3/c16-8-12-3-5-14(6-4-12)19-10-13(18)11-20-15-2-1-7-17-9-15/h1-7,9,13,18H,8,10-11,16H2. The number of aromatic nitrogens is 1. The highest BCUT2D eigenvalue weighted by Gasteiger charge is 2.06. The smallest absolute Gasteiger partial charge is 0.137 e. The highest BCUT2D eigenvalue weighted by molar-refractivity contribution is 5.27. The van der Waals surface area contributed by atoms with E-state index in [4.69, 9.17) is 15.2 Å². The molecule has 2 aromatic rings. The number of nitrogens with two attached hydrogens (primary N) is 1. The molecule has 0 aliphatic carbocycles. The average molecular weight is 274 g/mol. The van der Waals surface area contributed by atoms with Crippen LogP contribution in [0.25, 0.3) is 0 Å². The number of pyridine rings is 1. The van der Waals surface area contributed by atoms with E-state index in [2.05, 4.69) is 4.98 Å². The van der Waals surface area contributed by atoms with Crippen molar-refractivity contribution in [2.75, 3.05) is 13.2 Å². The normalized spacial score (nSPS) is 11.9. The van der Waals surface area contributed by atoms with Gasteiger partial charge in [-0.1, -0.05) is 12.1 Å². The minimum absolute atomic E-state index is 0.159. The summed E-state index contributed by atoms with van der Waals surface area (Å²) in [6, 6.07) is 11.0. The second kappa shape index (κ2) is 7.47. The highest BCUT2D eigenvalue weighted by Crippen LogP contribution is 2.12. The van der Waals surface area contributed by atoms with Gasteiger partial charge >= 0.3 is 0 Å². The first kappa shape index (κ1) is 14.3. The highest BCUT2D eigenvalue weighted by atomic mass is 16.5. The molecule has 1 aromatic heterocycles. The zero-order valence-electron chi connectivity index (χ0n) is 11.1. The van der Waals surface area contributed by atoms with Crippen molar-refractivity contribution in [2.45, 2.75) is 12.6 Å². The van der Waals surface area contributed by atoms with E-state index in [0.29, 0.717) is 18.0 Å². The first-order valence-electron chi connectivity index (χ1n) is 6.40. The molecule has 0 radical (unpaired) electrons. The number of benzene rings is 1. The molecule has 1 aromatic carbocycles. The van der Waals surface area contributed by atoms with Gasteiger partial charge in [0.2, 0.25) is 0 Å². The maximum absolute atomic E-state index is 9.78. The van der Waals surface area contributed by atoms with Crippen LogP contribution in [-0.2, 0) is 6.54 Å². The van der Waals surface area contributed by atoms with Crippen LogP contribution in [-0.4, -0.2) is 29.4 Å². The Morgan fingerprint density at radius 3 is 2.35 bits per heavy atom. The lowest BCUT2D eigenvalue weighted by Gasteiger charge is -2.13. The number of nitrogens with zero attached hydrogens (tertiary/aromatic N) is 1. The van der Waals surface area contributed by atoms with Crippen molar-refractivity contribution in [1.29, 1.82) is 0 Å². The molecule has 0 saturated carbocycles. The summed E-state index contributed by atoms with van der Waals surface area (Å²) in [4.78, 5) is 3.92. The molecule has 0 fully saturated rings. The summed E-state index contributed by atoms with van der Waals surface area (Å²) >= 11 is 0. The third-order valence-corrected chi connectivity index (χ3v) is 2.68. The van der Waals surface area contributed by atoms with Gasteiger partial charge in [0, 0.05) is 12.7 Å². The molecule has 20 heavy (non-hydrogen) atoms. The Labute approximate surface area is 118 Å². The van der Waals surface area contributed by atoms with E-state index in [1.54, 1.807) is 24.5 Å². The summed E-state index contributed by atoms with van der Waals surface area (Å²) in [5.74, 6) is 1.32. The lowest BCUT2D eigenvalue weighted by Crippen LogP contribution is -2.25. The Bertz CT molecular complexity index is 502. The van der Waals surface area contributed by atoms with E-state index in [0.717, 1.165) is 5.56 Å². The summed E-state index contributed by atoms with van der Waals surface area (Å²) in [7, 11) is 0. The van der Waals surface area contributed by atoms with E-state index < -0.39 is 6.10 Å². The summed E-state index contributed by atoms with van der Waals surface area (Å²) in [6.07, 6.45) is 2.56. The number of ether oxygens (including phenoxy) is 2. The van der Waals surface area contributed by atoms with Gasteiger partial charge in [0.25, 0.3) is 0 Å². The van der Waals surface area contributed by atoms with Gasteiger partial charge in [-0.25, -0.2) is 0 Å². The molecule has 0 saturated heterocycles. The Hall–Kier alpha value is -2.11. The van der Waals surface area contributed by atoms with Gasteiger partial charge in [-0.15, -0.1) is 0 Å². The molecule has 106 valence electrons. The van der Waals surface area contributed by atoms with Crippen molar-refractivity contribution in [3.8, 4) is 11.5 Å². The van der Waals surface area contributed by atoms with E-state index in [9.17, 15) is 5.11 Å². The van der Waals surface area contributed by atoms with Crippen LogP contribution in [0.4, 0.5) is 0 Å². The third kappa shape index (κ3) is 4.53. The van der Waals surface area contributed by atoms with Gasteiger partial charge in [0.05, 0.1) is 6.20 Å². The van der Waals surface area contributed by atoms with E-state index in [1.165, 1.54) is 0 Å². The fraction of sp³-hybridized carbons (Fsp3) is 0.267. The van der Waals surface area contributed by atoms with Crippen LogP contribution in [0.1, 0.15) is 5.56 Å². The molecule has 1 heterocycles. The van der Waals surface area contributed by atoms with Crippen LogP contribution in [0.2, 0.25) is 0 Å². The van der Waals surface area contributed by atoms with Crippen molar-refractivity contribution in [1.82, 2.24) is 4.98 Å². The number of hydrogen-bond acceptors (Lipinski definition) is 5. The van der Waals surface area contributed by atoms with Gasteiger partial charge in [-0.2, -0.15) is 0 Å².